The van der Waals surface area contributed by atoms with E-state index in [-0.39, 0.29) is 5.65 Å². The summed E-state index contributed by atoms with van der Waals surface area (Å²) in [6.45, 7) is 0. The molecule has 0 amide bonds. The summed E-state index contributed by atoms with van der Waals surface area (Å²) in [7, 11) is 0. The van der Waals surface area contributed by atoms with Crippen LogP contribution in [0, 0.1) is 11.6 Å². The van der Waals surface area contributed by atoms with Crippen molar-refractivity contribution >= 4 is 5.65 Å². The van der Waals surface area contributed by atoms with E-state index >= 15 is 0 Å². The summed E-state index contributed by atoms with van der Waals surface area (Å²) in [6, 6.07) is 3.98. The summed E-state index contributed by atoms with van der Waals surface area (Å²) in [5, 5.41) is 3.24. The average molecular weight is 327 g/mol. The van der Waals surface area contributed by atoms with E-state index in [0.717, 1.165) is 30.5 Å². The second-order valence-electron chi connectivity index (χ2n) is 4.58. The third-order valence-corrected chi connectivity index (χ3v) is 3.07. The molecule has 0 aliphatic carbocycles. The van der Waals surface area contributed by atoms with E-state index in [4.69, 9.17) is 0 Å². The van der Waals surface area contributed by atoms with Gasteiger partial charge >= 0.3 is 6.18 Å². The van der Waals surface area contributed by atoms with Gasteiger partial charge in [0, 0.05) is 29.5 Å². The molecule has 0 unspecified atom stereocenters. The van der Waals surface area contributed by atoms with Crippen LogP contribution in [0.25, 0.3) is 16.8 Å². The van der Waals surface area contributed by atoms with Crippen LogP contribution in [-0.4, -0.2) is 14.6 Å². The van der Waals surface area contributed by atoms with Crippen LogP contribution in [0.2, 0.25) is 0 Å². The smallest absolute Gasteiger partial charge is 0.267 e. The Balaban J connectivity index is 2.41. The molecule has 0 spiro atoms. The SMILES string of the molecule is O=c1ccnc2cc(-c3ccc(F)cc3F)c(C(F)(F)F)nn12. The highest BCUT2D eigenvalue weighted by Crippen LogP contribution is 2.36. The van der Waals surface area contributed by atoms with Gasteiger partial charge in [0.15, 0.2) is 11.3 Å². The van der Waals surface area contributed by atoms with E-state index in [1.807, 2.05) is 0 Å². The molecule has 4 nitrogen and oxygen atoms in total. The molecule has 0 aliphatic rings. The lowest BCUT2D eigenvalue weighted by atomic mass is 10.0. The largest absolute Gasteiger partial charge is 0.435 e. The van der Waals surface area contributed by atoms with E-state index in [1.165, 1.54) is 0 Å². The fraction of sp³-hybridized carbons (Fsp3) is 0.0714. The normalized spacial score (nSPS) is 11.9. The molecular weight excluding hydrogens is 321 g/mol. The molecule has 2 heterocycles. The minimum atomic E-state index is -4.94. The Morgan fingerprint density at radius 1 is 1.00 bits per heavy atom. The Hall–Kier alpha value is -2.84. The fourth-order valence-electron chi connectivity index (χ4n) is 2.09. The highest BCUT2D eigenvalue weighted by Gasteiger charge is 2.37. The first-order chi connectivity index (χ1) is 10.8. The average Bonchev–Trinajstić information content (AvgIpc) is 2.45. The Morgan fingerprint density at radius 2 is 1.74 bits per heavy atom. The van der Waals surface area contributed by atoms with Gasteiger partial charge in [-0.1, -0.05) is 0 Å². The lowest BCUT2D eigenvalue weighted by molar-refractivity contribution is -0.141. The van der Waals surface area contributed by atoms with Gasteiger partial charge in [0.05, 0.1) is 0 Å². The van der Waals surface area contributed by atoms with Gasteiger partial charge in [-0.05, 0) is 18.2 Å². The molecule has 23 heavy (non-hydrogen) atoms. The van der Waals surface area contributed by atoms with E-state index in [0.29, 0.717) is 10.6 Å². The van der Waals surface area contributed by atoms with Crippen molar-refractivity contribution in [1.29, 1.82) is 0 Å². The maximum Gasteiger partial charge on any atom is 0.435 e. The summed E-state index contributed by atoms with van der Waals surface area (Å²) < 4.78 is 66.9. The number of halogens is 5. The molecule has 0 saturated heterocycles. The van der Waals surface area contributed by atoms with Crippen LogP contribution in [0.4, 0.5) is 22.0 Å². The molecule has 9 heteroatoms. The highest BCUT2D eigenvalue weighted by molar-refractivity contribution is 5.70. The van der Waals surface area contributed by atoms with Crippen LogP contribution in [0.1, 0.15) is 5.69 Å². The predicted octanol–water partition coefficient (Wildman–Crippen LogP) is 3.05. The molecule has 0 fully saturated rings. The van der Waals surface area contributed by atoms with Crippen LogP contribution in [0.5, 0.6) is 0 Å². The number of aromatic nitrogens is 3. The van der Waals surface area contributed by atoms with Gasteiger partial charge in [0.1, 0.15) is 11.6 Å². The van der Waals surface area contributed by atoms with Gasteiger partial charge in [0.2, 0.25) is 0 Å². The quantitative estimate of drug-likeness (QED) is 0.646. The number of hydrogen-bond donors (Lipinski definition) is 0. The van der Waals surface area contributed by atoms with E-state index in [9.17, 15) is 26.7 Å². The fourth-order valence-corrected chi connectivity index (χ4v) is 2.09. The first-order valence-corrected chi connectivity index (χ1v) is 6.19. The molecule has 0 N–H and O–H groups in total. The molecule has 0 aliphatic heterocycles. The van der Waals surface area contributed by atoms with Crippen LogP contribution in [0.15, 0.2) is 41.3 Å². The zero-order valence-corrected chi connectivity index (χ0v) is 11.1. The van der Waals surface area contributed by atoms with Gasteiger partial charge in [-0.25, -0.2) is 13.8 Å². The van der Waals surface area contributed by atoms with Gasteiger partial charge in [-0.2, -0.15) is 22.8 Å². The first-order valence-electron chi connectivity index (χ1n) is 6.19. The maximum atomic E-state index is 13.9. The third kappa shape index (κ3) is 2.65. The van der Waals surface area contributed by atoms with Gasteiger partial charge < -0.3 is 0 Å². The maximum absolute atomic E-state index is 13.9. The molecule has 1 aromatic carbocycles. The van der Waals surface area contributed by atoms with Crippen LogP contribution < -0.4 is 5.56 Å². The zero-order chi connectivity index (χ0) is 16.8. The van der Waals surface area contributed by atoms with Crippen LogP contribution in [-0.2, 0) is 6.18 Å². The van der Waals surface area contributed by atoms with E-state index in [2.05, 4.69) is 10.1 Å². The Bertz CT molecular complexity index is 965. The molecular formula is C14H6F5N3O. The topological polar surface area (TPSA) is 47.3 Å². The minimum absolute atomic E-state index is 0.191. The van der Waals surface area contributed by atoms with Crippen molar-refractivity contribution in [3.05, 3.63) is 64.2 Å². The molecule has 0 radical (unpaired) electrons. The molecule has 118 valence electrons. The first kappa shape index (κ1) is 15.1. The highest BCUT2D eigenvalue weighted by atomic mass is 19.4. The Morgan fingerprint density at radius 3 is 2.39 bits per heavy atom. The van der Waals surface area contributed by atoms with Crippen molar-refractivity contribution in [2.24, 2.45) is 0 Å². The van der Waals surface area contributed by atoms with E-state index in [1.54, 1.807) is 0 Å². The lowest BCUT2D eigenvalue weighted by Crippen LogP contribution is -2.21. The third-order valence-electron chi connectivity index (χ3n) is 3.07. The Kier molecular flexibility index (Phi) is 3.35. The van der Waals surface area contributed by atoms with Crippen LogP contribution in [0.3, 0.4) is 0 Å². The monoisotopic (exact) mass is 327 g/mol. The summed E-state index contributed by atoms with van der Waals surface area (Å²) in [4.78, 5) is 15.3. The standard InChI is InChI=1S/C14H6F5N3O/c15-7-1-2-8(10(16)5-7)9-6-11-20-4-3-12(23)22(11)21-13(9)14(17,18)19/h1-6H. The summed E-state index contributed by atoms with van der Waals surface area (Å²) >= 11 is 0. The number of hydrogen-bond acceptors (Lipinski definition) is 3. The predicted molar refractivity (Wildman–Crippen MR) is 69.6 cm³/mol. The van der Waals surface area contributed by atoms with Crippen LogP contribution >= 0.6 is 0 Å². The number of rotatable bonds is 1. The molecule has 3 aromatic rings. The Labute approximate surface area is 124 Å². The molecule has 0 bridgehead atoms. The summed E-state index contributed by atoms with van der Waals surface area (Å²) in [5.74, 6) is -2.11. The van der Waals surface area contributed by atoms with Gasteiger partial charge in [0.25, 0.3) is 5.56 Å². The molecule has 0 atom stereocenters. The molecule has 2 aromatic heterocycles. The van der Waals surface area contributed by atoms with Crippen molar-refractivity contribution in [3.63, 3.8) is 0 Å². The van der Waals surface area contributed by atoms with Crippen molar-refractivity contribution in [3.8, 4) is 11.1 Å². The van der Waals surface area contributed by atoms with E-state index < -0.39 is 40.2 Å². The minimum Gasteiger partial charge on any atom is -0.267 e. The number of benzene rings is 1. The lowest BCUT2D eigenvalue weighted by Gasteiger charge is -2.13. The van der Waals surface area contributed by atoms with Crippen molar-refractivity contribution in [2.45, 2.75) is 6.18 Å². The number of alkyl halides is 3. The molecule has 3 rings (SSSR count). The second-order valence-corrected chi connectivity index (χ2v) is 4.58. The second kappa shape index (κ2) is 5.11. The molecule has 0 saturated carbocycles. The van der Waals surface area contributed by atoms with Crippen molar-refractivity contribution < 1.29 is 22.0 Å². The van der Waals surface area contributed by atoms with Crippen molar-refractivity contribution in [1.82, 2.24) is 14.6 Å². The van der Waals surface area contributed by atoms with Gasteiger partial charge in [-0.3, -0.25) is 4.79 Å². The summed E-state index contributed by atoms with van der Waals surface area (Å²) in [6.07, 6.45) is -3.85. The zero-order valence-electron chi connectivity index (χ0n) is 11.1. The number of nitrogens with zero attached hydrogens (tertiary/aromatic N) is 3. The van der Waals surface area contributed by atoms with Gasteiger partial charge in [-0.15, -0.1) is 0 Å². The van der Waals surface area contributed by atoms with Crippen molar-refractivity contribution in [2.75, 3.05) is 0 Å². The number of fused-ring (bicyclic) bond motifs is 1. The summed E-state index contributed by atoms with van der Waals surface area (Å²) in [5.41, 5.74) is -3.60.